The summed E-state index contributed by atoms with van der Waals surface area (Å²) in [6.07, 6.45) is 1.76. The van der Waals surface area contributed by atoms with Crippen LogP contribution in [-0.4, -0.2) is 43.6 Å². The second-order valence-electron chi connectivity index (χ2n) is 7.18. The maximum atomic E-state index is 12.3. The third-order valence-electron chi connectivity index (χ3n) is 4.33. The van der Waals surface area contributed by atoms with Gasteiger partial charge in [-0.3, -0.25) is 9.69 Å². The number of amides is 1. The van der Waals surface area contributed by atoms with E-state index in [2.05, 4.69) is 41.3 Å². The van der Waals surface area contributed by atoms with Crippen molar-refractivity contribution in [3.05, 3.63) is 29.5 Å². The molecule has 0 radical (unpaired) electrons. The molecule has 0 bridgehead atoms. The lowest BCUT2D eigenvalue weighted by molar-refractivity contribution is -0.128. The molecule has 1 N–H and O–H groups in total. The Morgan fingerprint density at radius 3 is 2.79 bits per heavy atom. The standard InChI is InChI=1S/C16H24N6O2/c1-10-19-20-13-8-21(11(7-22(10)13)15(23)17-5)9-14-18-6-12(24-14)16(2,3)4/h6,11H,7-9H2,1-5H3,(H,17,23). The minimum atomic E-state index is -0.304. The van der Waals surface area contributed by atoms with Gasteiger partial charge in [0.05, 0.1) is 25.8 Å². The van der Waals surface area contributed by atoms with Crippen LogP contribution < -0.4 is 5.32 Å². The first-order valence-corrected chi connectivity index (χ1v) is 8.09. The van der Waals surface area contributed by atoms with Gasteiger partial charge in [-0.2, -0.15) is 0 Å². The Labute approximate surface area is 141 Å². The zero-order chi connectivity index (χ0) is 17.5. The van der Waals surface area contributed by atoms with Crippen molar-refractivity contribution in [1.82, 2.24) is 30.0 Å². The van der Waals surface area contributed by atoms with Gasteiger partial charge in [-0.05, 0) is 6.92 Å². The van der Waals surface area contributed by atoms with E-state index in [-0.39, 0.29) is 17.4 Å². The molecule has 130 valence electrons. The number of fused-ring (bicyclic) bond motifs is 1. The number of nitrogens with one attached hydrogen (secondary N) is 1. The highest BCUT2D eigenvalue weighted by Gasteiger charge is 2.34. The van der Waals surface area contributed by atoms with E-state index in [4.69, 9.17) is 4.42 Å². The smallest absolute Gasteiger partial charge is 0.238 e. The summed E-state index contributed by atoms with van der Waals surface area (Å²) < 4.78 is 7.87. The predicted molar refractivity (Wildman–Crippen MR) is 87.1 cm³/mol. The molecule has 0 saturated heterocycles. The maximum absolute atomic E-state index is 12.3. The van der Waals surface area contributed by atoms with Crippen LogP contribution in [0.25, 0.3) is 0 Å². The molecular formula is C16H24N6O2. The minimum Gasteiger partial charge on any atom is -0.444 e. The summed E-state index contributed by atoms with van der Waals surface area (Å²) in [5.74, 6) is 3.10. The number of hydrogen-bond acceptors (Lipinski definition) is 6. The number of rotatable bonds is 3. The Morgan fingerprint density at radius 2 is 2.17 bits per heavy atom. The fourth-order valence-corrected chi connectivity index (χ4v) is 2.84. The summed E-state index contributed by atoms with van der Waals surface area (Å²) in [4.78, 5) is 18.7. The third-order valence-corrected chi connectivity index (χ3v) is 4.33. The van der Waals surface area contributed by atoms with Gasteiger partial charge in [-0.15, -0.1) is 10.2 Å². The molecule has 1 atom stereocenters. The van der Waals surface area contributed by atoms with Crippen molar-refractivity contribution in [3.63, 3.8) is 0 Å². The molecule has 0 spiro atoms. The average Bonchev–Trinajstić information content (AvgIpc) is 3.13. The van der Waals surface area contributed by atoms with Crippen LogP contribution in [0.5, 0.6) is 0 Å². The molecule has 3 heterocycles. The molecule has 0 fully saturated rings. The fraction of sp³-hybridized carbons (Fsp3) is 0.625. The monoisotopic (exact) mass is 332 g/mol. The Bertz CT molecular complexity index is 742. The predicted octanol–water partition coefficient (Wildman–Crippen LogP) is 1.00. The second-order valence-corrected chi connectivity index (χ2v) is 7.18. The Kier molecular flexibility index (Phi) is 4.16. The first kappa shape index (κ1) is 16.6. The summed E-state index contributed by atoms with van der Waals surface area (Å²) in [5.41, 5.74) is -0.0926. The Morgan fingerprint density at radius 1 is 1.42 bits per heavy atom. The van der Waals surface area contributed by atoms with Crippen molar-refractivity contribution >= 4 is 5.91 Å². The van der Waals surface area contributed by atoms with Crippen LogP contribution in [0, 0.1) is 6.92 Å². The molecule has 2 aromatic heterocycles. The molecule has 1 aliphatic heterocycles. The normalized spacial score (nSPS) is 18.5. The topological polar surface area (TPSA) is 89.1 Å². The van der Waals surface area contributed by atoms with E-state index in [1.807, 2.05) is 16.4 Å². The largest absolute Gasteiger partial charge is 0.444 e. The summed E-state index contributed by atoms with van der Waals surface area (Å²) in [6.45, 7) is 9.66. The van der Waals surface area contributed by atoms with Crippen molar-refractivity contribution in [1.29, 1.82) is 0 Å². The van der Waals surface area contributed by atoms with Gasteiger partial charge in [0.1, 0.15) is 23.5 Å². The Hall–Kier alpha value is -2.22. The summed E-state index contributed by atoms with van der Waals surface area (Å²) in [5, 5.41) is 11.0. The van der Waals surface area contributed by atoms with Crippen LogP contribution >= 0.6 is 0 Å². The summed E-state index contributed by atoms with van der Waals surface area (Å²) in [7, 11) is 1.65. The number of hydrogen-bond donors (Lipinski definition) is 1. The van der Waals surface area contributed by atoms with Gasteiger partial charge in [0, 0.05) is 12.5 Å². The first-order valence-electron chi connectivity index (χ1n) is 8.09. The van der Waals surface area contributed by atoms with Crippen molar-refractivity contribution < 1.29 is 9.21 Å². The molecule has 8 heteroatoms. The van der Waals surface area contributed by atoms with Gasteiger partial charge in [0.2, 0.25) is 11.8 Å². The van der Waals surface area contributed by atoms with Gasteiger partial charge in [0.25, 0.3) is 0 Å². The van der Waals surface area contributed by atoms with Gasteiger partial charge >= 0.3 is 0 Å². The molecule has 1 amide bonds. The van der Waals surface area contributed by atoms with Gasteiger partial charge < -0.3 is 14.3 Å². The van der Waals surface area contributed by atoms with Crippen molar-refractivity contribution in [2.75, 3.05) is 7.05 Å². The zero-order valence-electron chi connectivity index (χ0n) is 14.8. The first-order chi connectivity index (χ1) is 11.3. The molecule has 1 aliphatic rings. The third kappa shape index (κ3) is 3.06. The SMILES string of the molecule is CNC(=O)C1Cn2c(C)nnc2CN1Cc1ncc(C(C)(C)C)o1. The zero-order valence-corrected chi connectivity index (χ0v) is 14.8. The number of carbonyl (C=O) groups excluding carboxylic acids is 1. The number of likely N-dealkylation sites (N-methyl/N-ethyl adjacent to an activating group) is 1. The summed E-state index contributed by atoms with van der Waals surface area (Å²) >= 11 is 0. The highest BCUT2D eigenvalue weighted by atomic mass is 16.4. The van der Waals surface area contributed by atoms with Crippen molar-refractivity contribution in [3.8, 4) is 0 Å². The molecule has 0 saturated carbocycles. The number of carbonyl (C=O) groups is 1. The van der Waals surface area contributed by atoms with Crippen LogP contribution in [0.15, 0.2) is 10.6 Å². The lowest BCUT2D eigenvalue weighted by atomic mass is 9.94. The van der Waals surface area contributed by atoms with E-state index in [0.29, 0.717) is 25.5 Å². The van der Waals surface area contributed by atoms with E-state index < -0.39 is 0 Å². The molecular weight excluding hydrogens is 308 g/mol. The second kappa shape index (κ2) is 6.01. The number of aryl methyl sites for hydroxylation is 1. The quantitative estimate of drug-likeness (QED) is 0.902. The van der Waals surface area contributed by atoms with E-state index in [1.165, 1.54) is 0 Å². The lowest BCUT2D eigenvalue weighted by Gasteiger charge is -2.33. The van der Waals surface area contributed by atoms with E-state index >= 15 is 0 Å². The molecule has 1 unspecified atom stereocenters. The molecule has 3 rings (SSSR count). The molecule has 0 aliphatic carbocycles. The molecule has 8 nitrogen and oxygen atoms in total. The van der Waals surface area contributed by atoms with Crippen LogP contribution in [0.3, 0.4) is 0 Å². The van der Waals surface area contributed by atoms with Gasteiger partial charge in [0.15, 0.2) is 0 Å². The van der Waals surface area contributed by atoms with Crippen molar-refractivity contribution in [2.24, 2.45) is 0 Å². The highest BCUT2D eigenvalue weighted by Crippen LogP contribution is 2.25. The highest BCUT2D eigenvalue weighted by molar-refractivity contribution is 5.81. The van der Waals surface area contributed by atoms with Crippen molar-refractivity contribution in [2.45, 2.75) is 58.8 Å². The van der Waals surface area contributed by atoms with E-state index in [0.717, 1.165) is 17.4 Å². The number of oxazole rings is 1. The Balaban J connectivity index is 1.84. The maximum Gasteiger partial charge on any atom is 0.238 e. The molecule has 0 aromatic carbocycles. The summed E-state index contributed by atoms with van der Waals surface area (Å²) in [6, 6.07) is -0.304. The van der Waals surface area contributed by atoms with Crippen LogP contribution in [0.2, 0.25) is 0 Å². The van der Waals surface area contributed by atoms with Gasteiger partial charge in [-0.1, -0.05) is 20.8 Å². The van der Waals surface area contributed by atoms with E-state index in [9.17, 15) is 4.79 Å². The van der Waals surface area contributed by atoms with Crippen LogP contribution in [0.4, 0.5) is 0 Å². The van der Waals surface area contributed by atoms with Gasteiger partial charge in [-0.25, -0.2) is 4.98 Å². The van der Waals surface area contributed by atoms with Crippen LogP contribution in [0.1, 0.15) is 44.1 Å². The number of aromatic nitrogens is 4. The number of nitrogens with zero attached hydrogens (tertiary/aromatic N) is 5. The lowest BCUT2D eigenvalue weighted by Crippen LogP contribution is -2.51. The fourth-order valence-electron chi connectivity index (χ4n) is 2.84. The minimum absolute atomic E-state index is 0.0312. The van der Waals surface area contributed by atoms with E-state index in [1.54, 1.807) is 13.2 Å². The molecule has 2 aromatic rings. The van der Waals surface area contributed by atoms with Crippen LogP contribution in [-0.2, 0) is 29.8 Å². The molecule has 24 heavy (non-hydrogen) atoms. The average molecular weight is 332 g/mol.